The molecule has 3 rings (SSSR count). The number of nitrogens with two attached hydrogens (primary N) is 1. The van der Waals surface area contributed by atoms with Gasteiger partial charge in [-0.2, -0.15) is 0 Å². The molecule has 5 nitrogen and oxygen atoms in total. The summed E-state index contributed by atoms with van der Waals surface area (Å²) in [5.74, 6) is 0.760. The Morgan fingerprint density at radius 3 is 2.72 bits per heavy atom. The molecule has 2 saturated heterocycles. The predicted molar refractivity (Wildman–Crippen MR) is 68.5 cm³/mol. The number of nitrogens with zero attached hydrogens (tertiary/aromatic N) is 2. The summed E-state index contributed by atoms with van der Waals surface area (Å²) in [7, 11) is 0. The summed E-state index contributed by atoms with van der Waals surface area (Å²) < 4.78 is 11.2. The molecule has 0 saturated carbocycles. The van der Waals surface area contributed by atoms with Gasteiger partial charge in [0, 0.05) is 25.4 Å². The molecule has 3 heterocycles. The van der Waals surface area contributed by atoms with Gasteiger partial charge in [-0.15, -0.1) is 0 Å². The molecule has 0 radical (unpaired) electrons. The first kappa shape index (κ1) is 11.7. The van der Waals surface area contributed by atoms with Crippen LogP contribution >= 0.6 is 0 Å². The van der Waals surface area contributed by atoms with E-state index in [-0.39, 0.29) is 6.10 Å². The molecule has 2 aliphatic rings. The third kappa shape index (κ3) is 2.42. The maximum absolute atomic E-state index is 5.94. The molecule has 0 aromatic carbocycles. The SMILES string of the molecule is Nc1cnccc1OC1CCN(C2COC2)CC1. The number of pyridine rings is 1. The summed E-state index contributed by atoms with van der Waals surface area (Å²) in [5.41, 5.74) is 6.45. The molecule has 0 unspecified atom stereocenters. The zero-order valence-electron chi connectivity index (χ0n) is 10.4. The fourth-order valence-corrected chi connectivity index (χ4v) is 2.47. The van der Waals surface area contributed by atoms with Crippen molar-refractivity contribution in [2.24, 2.45) is 0 Å². The van der Waals surface area contributed by atoms with E-state index in [4.69, 9.17) is 15.2 Å². The first-order chi connectivity index (χ1) is 8.83. The first-order valence-electron chi connectivity index (χ1n) is 6.51. The molecule has 2 N–H and O–H groups in total. The van der Waals surface area contributed by atoms with E-state index in [1.807, 2.05) is 6.07 Å². The van der Waals surface area contributed by atoms with E-state index in [1.165, 1.54) is 0 Å². The molecular formula is C13H19N3O2. The van der Waals surface area contributed by atoms with Crippen molar-refractivity contribution in [2.45, 2.75) is 25.0 Å². The molecule has 1 aromatic rings. The Balaban J connectivity index is 1.52. The van der Waals surface area contributed by atoms with E-state index in [1.54, 1.807) is 12.4 Å². The summed E-state index contributed by atoms with van der Waals surface area (Å²) in [5, 5.41) is 0. The van der Waals surface area contributed by atoms with Crippen molar-refractivity contribution in [3.05, 3.63) is 18.5 Å². The number of rotatable bonds is 3. The van der Waals surface area contributed by atoms with Gasteiger partial charge >= 0.3 is 0 Å². The number of likely N-dealkylation sites (tertiary alicyclic amines) is 1. The standard InChI is InChI=1S/C13H19N3O2/c14-12-7-15-4-1-13(12)18-11-2-5-16(6-3-11)10-8-17-9-10/h1,4,7,10-11H,2-3,5-6,8-9,14H2. The maximum atomic E-state index is 5.94. The largest absolute Gasteiger partial charge is 0.488 e. The molecule has 0 spiro atoms. The van der Waals surface area contributed by atoms with Crippen LogP contribution in [0.15, 0.2) is 18.5 Å². The van der Waals surface area contributed by atoms with Crippen molar-refractivity contribution >= 4 is 5.69 Å². The lowest BCUT2D eigenvalue weighted by Gasteiger charge is -2.41. The molecule has 2 fully saturated rings. The van der Waals surface area contributed by atoms with Crippen LogP contribution < -0.4 is 10.5 Å². The Hall–Kier alpha value is -1.33. The van der Waals surface area contributed by atoms with E-state index in [0.717, 1.165) is 44.9 Å². The highest BCUT2D eigenvalue weighted by Gasteiger charge is 2.30. The lowest BCUT2D eigenvalue weighted by Crippen LogP contribution is -2.52. The second-order valence-electron chi connectivity index (χ2n) is 4.96. The molecule has 2 aliphatic heterocycles. The maximum Gasteiger partial charge on any atom is 0.145 e. The minimum Gasteiger partial charge on any atom is -0.488 e. The third-order valence-electron chi connectivity index (χ3n) is 3.72. The van der Waals surface area contributed by atoms with E-state index in [2.05, 4.69) is 9.88 Å². The molecule has 1 aromatic heterocycles. The van der Waals surface area contributed by atoms with Gasteiger partial charge < -0.3 is 15.2 Å². The van der Waals surface area contributed by atoms with Crippen LogP contribution in [-0.2, 0) is 4.74 Å². The Kier molecular flexibility index (Phi) is 3.34. The molecule has 0 bridgehead atoms. The van der Waals surface area contributed by atoms with Crippen LogP contribution in [0.3, 0.4) is 0 Å². The summed E-state index contributed by atoms with van der Waals surface area (Å²) in [6.45, 7) is 3.96. The number of nitrogen functional groups attached to an aromatic ring is 1. The van der Waals surface area contributed by atoms with Crippen LogP contribution in [0.2, 0.25) is 0 Å². The van der Waals surface area contributed by atoms with Crippen LogP contribution in [0.5, 0.6) is 5.75 Å². The van der Waals surface area contributed by atoms with Crippen LogP contribution in [0, 0.1) is 0 Å². The number of piperidine rings is 1. The van der Waals surface area contributed by atoms with E-state index >= 15 is 0 Å². The molecule has 98 valence electrons. The Bertz CT molecular complexity index is 401. The van der Waals surface area contributed by atoms with Crippen LogP contribution in [0.1, 0.15) is 12.8 Å². The molecule has 5 heteroatoms. The lowest BCUT2D eigenvalue weighted by molar-refractivity contribution is -0.0777. The van der Waals surface area contributed by atoms with E-state index < -0.39 is 0 Å². The highest BCUT2D eigenvalue weighted by atomic mass is 16.5. The van der Waals surface area contributed by atoms with Crippen molar-refractivity contribution in [1.29, 1.82) is 0 Å². The Morgan fingerprint density at radius 2 is 2.11 bits per heavy atom. The minimum atomic E-state index is 0.270. The average Bonchev–Trinajstić information content (AvgIpc) is 2.32. The Morgan fingerprint density at radius 1 is 1.33 bits per heavy atom. The molecule has 0 atom stereocenters. The van der Waals surface area contributed by atoms with Gasteiger partial charge in [0.15, 0.2) is 0 Å². The second kappa shape index (κ2) is 5.12. The second-order valence-corrected chi connectivity index (χ2v) is 4.96. The van der Waals surface area contributed by atoms with Gasteiger partial charge in [-0.25, -0.2) is 0 Å². The van der Waals surface area contributed by atoms with Gasteiger partial charge in [0.1, 0.15) is 11.9 Å². The van der Waals surface area contributed by atoms with Crippen LogP contribution in [-0.4, -0.2) is 48.3 Å². The number of anilines is 1. The lowest BCUT2D eigenvalue weighted by atomic mass is 10.0. The first-order valence-corrected chi connectivity index (χ1v) is 6.51. The molecule has 18 heavy (non-hydrogen) atoms. The van der Waals surface area contributed by atoms with Crippen molar-refractivity contribution in [3.63, 3.8) is 0 Å². The van der Waals surface area contributed by atoms with Crippen LogP contribution in [0.4, 0.5) is 5.69 Å². The van der Waals surface area contributed by atoms with E-state index in [0.29, 0.717) is 11.7 Å². The van der Waals surface area contributed by atoms with Crippen molar-refractivity contribution < 1.29 is 9.47 Å². The van der Waals surface area contributed by atoms with Gasteiger partial charge in [-0.05, 0) is 12.8 Å². The van der Waals surface area contributed by atoms with Crippen LogP contribution in [0.25, 0.3) is 0 Å². The quantitative estimate of drug-likeness (QED) is 0.862. The molecule has 0 aliphatic carbocycles. The van der Waals surface area contributed by atoms with Gasteiger partial charge in [0.05, 0.1) is 31.1 Å². The summed E-state index contributed by atoms with van der Waals surface area (Å²) in [4.78, 5) is 6.46. The van der Waals surface area contributed by atoms with Gasteiger partial charge in [-0.3, -0.25) is 9.88 Å². The fourth-order valence-electron chi connectivity index (χ4n) is 2.47. The van der Waals surface area contributed by atoms with Crippen molar-refractivity contribution in [1.82, 2.24) is 9.88 Å². The number of hydrogen-bond donors (Lipinski definition) is 1. The smallest absolute Gasteiger partial charge is 0.145 e. The highest BCUT2D eigenvalue weighted by Crippen LogP contribution is 2.25. The van der Waals surface area contributed by atoms with Gasteiger partial charge in [0.25, 0.3) is 0 Å². The van der Waals surface area contributed by atoms with E-state index in [9.17, 15) is 0 Å². The predicted octanol–water partition coefficient (Wildman–Crippen LogP) is 0.906. The zero-order valence-corrected chi connectivity index (χ0v) is 10.4. The van der Waals surface area contributed by atoms with Gasteiger partial charge in [-0.1, -0.05) is 0 Å². The Labute approximate surface area is 107 Å². The number of ether oxygens (including phenoxy) is 2. The summed E-state index contributed by atoms with van der Waals surface area (Å²) in [6, 6.07) is 2.47. The average molecular weight is 249 g/mol. The topological polar surface area (TPSA) is 60.6 Å². The monoisotopic (exact) mass is 249 g/mol. The minimum absolute atomic E-state index is 0.270. The molecule has 0 amide bonds. The number of hydrogen-bond acceptors (Lipinski definition) is 5. The zero-order chi connectivity index (χ0) is 12.4. The number of aromatic nitrogens is 1. The van der Waals surface area contributed by atoms with Gasteiger partial charge in [0.2, 0.25) is 0 Å². The molecular weight excluding hydrogens is 230 g/mol. The highest BCUT2D eigenvalue weighted by molar-refractivity contribution is 5.49. The summed E-state index contributed by atoms with van der Waals surface area (Å²) in [6.07, 6.45) is 5.73. The third-order valence-corrected chi connectivity index (χ3v) is 3.72. The summed E-state index contributed by atoms with van der Waals surface area (Å²) >= 11 is 0. The fraction of sp³-hybridized carbons (Fsp3) is 0.615. The van der Waals surface area contributed by atoms with Crippen molar-refractivity contribution in [3.8, 4) is 5.75 Å². The van der Waals surface area contributed by atoms with Crippen molar-refractivity contribution in [2.75, 3.05) is 32.0 Å². The normalized spacial score (nSPS) is 22.7.